The Hall–Kier alpha value is -3.74. The highest BCUT2D eigenvalue weighted by molar-refractivity contribution is 5.89. The fraction of sp³-hybridized carbons (Fsp3) is 0.345. The van der Waals surface area contributed by atoms with Crippen LogP contribution in [-0.2, 0) is 30.3 Å². The monoisotopic (exact) mass is 496 g/mol. The predicted octanol–water partition coefficient (Wildman–Crippen LogP) is 5.84. The standard InChI is InChI=1S/C29H33FO6/c1-18(2)26(31)34-16-21(17-35-28(33)29(5,6)7)14-20-8-10-22(11-9-20)23-12-13-25(24(30)15-23)36-27(32)19(3)4/h8-13,15,21H,1,3,14,16-17H2,2,4-7H3. The van der Waals surface area contributed by atoms with Crippen LogP contribution >= 0.6 is 0 Å². The molecule has 1 atom stereocenters. The quantitative estimate of drug-likeness (QED) is 0.234. The molecule has 0 saturated carbocycles. The van der Waals surface area contributed by atoms with Crippen LogP contribution in [-0.4, -0.2) is 31.1 Å². The summed E-state index contributed by atoms with van der Waals surface area (Å²) in [5.74, 6) is -2.62. The molecule has 192 valence electrons. The molecule has 0 saturated heterocycles. The van der Waals surface area contributed by atoms with E-state index in [0.29, 0.717) is 12.0 Å². The smallest absolute Gasteiger partial charge is 0.338 e. The summed E-state index contributed by atoms with van der Waals surface area (Å²) < 4.78 is 30.2. The molecule has 0 heterocycles. The second kappa shape index (κ2) is 12.3. The van der Waals surface area contributed by atoms with E-state index in [4.69, 9.17) is 14.2 Å². The van der Waals surface area contributed by atoms with E-state index >= 15 is 0 Å². The number of benzene rings is 2. The van der Waals surface area contributed by atoms with E-state index in [1.165, 1.54) is 19.1 Å². The SMILES string of the molecule is C=C(C)C(=O)OCC(COC(=O)C(C)(C)C)Cc1ccc(-c2ccc(OC(=O)C(=C)C)c(F)c2)cc1. The molecule has 0 aliphatic heterocycles. The molecule has 0 amide bonds. The van der Waals surface area contributed by atoms with E-state index in [-0.39, 0.29) is 42.0 Å². The zero-order chi connectivity index (χ0) is 27.0. The van der Waals surface area contributed by atoms with Gasteiger partial charge in [0.05, 0.1) is 18.6 Å². The Labute approximate surface area is 211 Å². The van der Waals surface area contributed by atoms with Crippen LogP contribution < -0.4 is 4.74 Å². The van der Waals surface area contributed by atoms with E-state index in [0.717, 1.165) is 11.1 Å². The number of ether oxygens (including phenoxy) is 3. The molecule has 0 aromatic heterocycles. The van der Waals surface area contributed by atoms with Gasteiger partial charge in [0.25, 0.3) is 0 Å². The van der Waals surface area contributed by atoms with Gasteiger partial charge in [-0.15, -0.1) is 0 Å². The van der Waals surface area contributed by atoms with Crippen molar-refractivity contribution in [2.24, 2.45) is 11.3 Å². The Morgan fingerprint density at radius 1 is 0.861 bits per heavy atom. The molecule has 2 aromatic rings. The van der Waals surface area contributed by atoms with Gasteiger partial charge in [0.15, 0.2) is 11.6 Å². The highest BCUT2D eigenvalue weighted by Gasteiger charge is 2.25. The van der Waals surface area contributed by atoms with Crippen molar-refractivity contribution in [2.75, 3.05) is 13.2 Å². The lowest BCUT2D eigenvalue weighted by molar-refractivity contribution is -0.155. The average Bonchev–Trinajstić information content (AvgIpc) is 2.81. The summed E-state index contributed by atoms with van der Waals surface area (Å²) in [4.78, 5) is 35.7. The molecule has 2 rings (SSSR count). The fourth-order valence-corrected chi connectivity index (χ4v) is 3.01. The van der Waals surface area contributed by atoms with Gasteiger partial charge in [0, 0.05) is 17.1 Å². The molecule has 7 heteroatoms. The average molecular weight is 497 g/mol. The van der Waals surface area contributed by atoms with Gasteiger partial charge in [0.1, 0.15) is 0 Å². The summed E-state index contributed by atoms with van der Waals surface area (Å²) in [5, 5.41) is 0. The molecule has 2 aromatic carbocycles. The molecule has 6 nitrogen and oxygen atoms in total. The zero-order valence-electron chi connectivity index (χ0n) is 21.5. The Kier molecular flexibility index (Phi) is 9.73. The molecule has 0 radical (unpaired) electrons. The van der Waals surface area contributed by atoms with Crippen molar-refractivity contribution in [1.29, 1.82) is 0 Å². The lowest BCUT2D eigenvalue weighted by Crippen LogP contribution is -2.28. The van der Waals surface area contributed by atoms with Crippen molar-refractivity contribution in [1.82, 2.24) is 0 Å². The first-order chi connectivity index (χ1) is 16.8. The van der Waals surface area contributed by atoms with Crippen LogP contribution in [0.15, 0.2) is 66.8 Å². The van der Waals surface area contributed by atoms with Gasteiger partial charge < -0.3 is 14.2 Å². The first-order valence-electron chi connectivity index (χ1n) is 11.5. The highest BCUT2D eigenvalue weighted by atomic mass is 19.1. The second-order valence-corrected chi connectivity index (χ2v) is 9.81. The Bertz CT molecular complexity index is 1140. The van der Waals surface area contributed by atoms with E-state index in [1.54, 1.807) is 33.8 Å². The third kappa shape index (κ3) is 8.48. The largest absolute Gasteiger partial charge is 0.465 e. The number of halogens is 1. The Balaban J connectivity index is 2.13. The first kappa shape index (κ1) is 28.5. The van der Waals surface area contributed by atoms with Crippen molar-refractivity contribution in [2.45, 2.75) is 41.0 Å². The molecular formula is C29H33FO6. The fourth-order valence-electron chi connectivity index (χ4n) is 3.01. The number of hydrogen-bond acceptors (Lipinski definition) is 6. The zero-order valence-corrected chi connectivity index (χ0v) is 21.5. The normalized spacial score (nSPS) is 11.8. The molecular weight excluding hydrogens is 463 g/mol. The minimum atomic E-state index is -0.692. The van der Waals surface area contributed by atoms with Gasteiger partial charge in [-0.3, -0.25) is 4.79 Å². The minimum Gasteiger partial charge on any atom is -0.465 e. The van der Waals surface area contributed by atoms with Crippen molar-refractivity contribution in [3.05, 3.63) is 78.1 Å². The van der Waals surface area contributed by atoms with Crippen LogP contribution in [0.5, 0.6) is 5.75 Å². The van der Waals surface area contributed by atoms with Crippen LogP contribution in [0.3, 0.4) is 0 Å². The minimum absolute atomic E-state index is 0.0699. The molecule has 36 heavy (non-hydrogen) atoms. The maximum atomic E-state index is 14.5. The number of carbonyl (C=O) groups excluding carboxylic acids is 3. The maximum absolute atomic E-state index is 14.5. The number of rotatable bonds is 10. The second-order valence-electron chi connectivity index (χ2n) is 9.81. The summed E-state index contributed by atoms with van der Waals surface area (Å²) in [6.07, 6.45) is 0.491. The van der Waals surface area contributed by atoms with Gasteiger partial charge in [-0.05, 0) is 69.9 Å². The van der Waals surface area contributed by atoms with Crippen molar-refractivity contribution in [3.63, 3.8) is 0 Å². The third-order valence-electron chi connectivity index (χ3n) is 5.16. The molecule has 0 aliphatic carbocycles. The first-order valence-corrected chi connectivity index (χ1v) is 11.5. The van der Waals surface area contributed by atoms with Crippen LogP contribution in [0.1, 0.15) is 40.2 Å². The van der Waals surface area contributed by atoms with E-state index < -0.39 is 23.2 Å². The number of esters is 3. The number of carbonyl (C=O) groups is 3. The van der Waals surface area contributed by atoms with Gasteiger partial charge in [-0.1, -0.05) is 43.5 Å². The van der Waals surface area contributed by atoms with Gasteiger partial charge in [0.2, 0.25) is 0 Å². The summed E-state index contributed by atoms with van der Waals surface area (Å²) >= 11 is 0. The van der Waals surface area contributed by atoms with Crippen LogP contribution in [0, 0.1) is 17.2 Å². The van der Waals surface area contributed by atoms with Gasteiger partial charge in [-0.2, -0.15) is 0 Å². The maximum Gasteiger partial charge on any atom is 0.338 e. The molecule has 0 fully saturated rings. The van der Waals surface area contributed by atoms with Gasteiger partial charge in [-0.25, -0.2) is 14.0 Å². The Morgan fingerprint density at radius 2 is 1.42 bits per heavy atom. The molecule has 0 bridgehead atoms. The van der Waals surface area contributed by atoms with Crippen molar-refractivity contribution >= 4 is 17.9 Å². The summed E-state index contributed by atoms with van der Waals surface area (Å²) in [6, 6.07) is 11.8. The van der Waals surface area contributed by atoms with Crippen LogP contribution in [0.4, 0.5) is 4.39 Å². The van der Waals surface area contributed by atoms with E-state index in [2.05, 4.69) is 13.2 Å². The van der Waals surface area contributed by atoms with Gasteiger partial charge >= 0.3 is 17.9 Å². The summed E-state index contributed by atoms with van der Waals surface area (Å²) in [6.45, 7) is 15.6. The van der Waals surface area contributed by atoms with Crippen molar-refractivity contribution < 1.29 is 33.0 Å². The van der Waals surface area contributed by atoms with E-state index in [9.17, 15) is 18.8 Å². The van der Waals surface area contributed by atoms with Crippen LogP contribution in [0.2, 0.25) is 0 Å². The molecule has 0 N–H and O–H groups in total. The topological polar surface area (TPSA) is 78.9 Å². The predicted molar refractivity (Wildman–Crippen MR) is 136 cm³/mol. The van der Waals surface area contributed by atoms with E-state index in [1.807, 2.05) is 24.3 Å². The third-order valence-corrected chi connectivity index (χ3v) is 5.16. The highest BCUT2D eigenvalue weighted by Crippen LogP contribution is 2.27. The molecule has 0 spiro atoms. The summed E-state index contributed by atoms with van der Waals surface area (Å²) in [7, 11) is 0. The Morgan fingerprint density at radius 3 is 1.94 bits per heavy atom. The lowest BCUT2D eigenvalue weighted by atomic mass is 9.96. The molecule has 1 unspecified atom stereocenters. The lowest BCUT2D eigenvalue weighted by Gasteiger charge is -2.21. The summed E-state index contributed by atoms with van der Waals surface area (Å²) in [5.41, 5.74) is 2.12. The van der Waals surface area contributed by atoms with Crippen molar-refractivity contribution in [3.8, 4) is 16.9 Å². The number of hydrogen-bond donors (Lipinski definition) is 0. The van der Waals surface area contributed by atoms with Crippen LogP contribution in [0.25, 0.3) is 11.1 Å². The molecule has 0 aliphatic rings.